The number of halogens is 2. The van der Waals surface area contributed by atoms with Gasteiger partial charge >= 0.3 is 0 Å². The molecule has 0 fully saturated rings. The fourth-order valence-corrected chi connectivity index (χ4v) is 3.80. The van der Waals surface area contributed by atoms with Gasteiger partial charge in [-0.1, -0.05) is 59.6 Å². The Hall–Kier alpha value is -1.76. The normalized spacial score (nSPS) is 13.4. The van der Waals surface area contributed by atoms with Gasteiger partial charge in [0, 0.05) is 10.0 Å². The Bertz CT molecular complexity index is 887. The first-order valence-electron chi connectivity index (χ1n) is 7.40. The second-order valence-corrected chi connectivity index (χ2v) is 6.51. The molecule has 0 aromatic heterocycles. The molecular weight excluding hydrogens is 311 g/mol. The molecule has 0 spiro atoms. The van der Waals surface area contributed by atoms with Crippen LogP contribution in [0.25, 0.3) is 28.0 Å². The molecular formula is C20H14Cl2. The third-order valence-electron chi connectivity index (χ3n) is 4.22. The molecule has 1 aliphatic carbocycles. The van der Waals surface area contributed by atoms with E-state index in [1.54, 1.807) is 6.07 Å². The summed E-state index contributed by atoms with van der Waals surface area (Å²) >= 11 is 12.4. The van der Waals surface area contributed by atoms with Crippen molar-refractivity contribution >= 4 is 40.1 Å². The lowest BCUT2D eigenvalue weighted by atomic mass is 9.87. The average Bonchev–Trinajstić information content (AvgIpc) is 2.53. The zero-order valence-electron chi connectivity index (χ0n) is 11.9. The quantitative estimate of drug-likeness (QED) is 0.463. The van der Waals surface area contributed by atoms with Gasteiger partial charge in [-0.15, -0.1) is 0 Å². The van der Waals surface area contributed by atoms with Gasteiger partial charge in [0.2, 0.25) is 0 Å². The molecule has 2 heteroatoms. The first-order valence-corrected chi connectivity index (χ1v) is 8.15. The minimum absolute atomic E-state index is 0.667. The Kier molecular flexibility index (Phi) is 3.44. The van der Waals surface area contributed by atoms with Crippen molar-refractivity contribution in [1.82, 2.24) is 0 Å². The van der Waals surface area contributed by atoms with Crippen molar-refractivity contribution in [2.45, 2.75) is 12.8 Å². The number of hydrogen-bond acceptors (Lipinski definition) is 0. The van der Waals surface area contributed by atoms with Crippen LogP contribution < -0.4 is 0 Å². The minimum Gasteiger partial charge on any atom is -0.0843 e. The van der Waals surface area contributed by atoms with E-state index in [4.69, 9.17) is 23.2 Å². The SMILES string of the molecule is Clc1cc(Cl)cc(-c2cc3c(c4ccccc24)CCC=C3)c1. The molecule has 0 saturated heterocycles. The summed E-state index contributed by atoms with van der Waals surface area (Å²) in [5, 5.41) is 3.92. The number of hydrogen-bond donors (Lipinski definition) is 0. The minimum atomic E-state index is 0.667. The summed E-state index contributed by atoms with van der Waals surface area (Å²) in [6.07, 6.45) is 6.68. The van der Waals surface area contributed by atoms with Crippen molar-refractivity contribution in [3.63, 3.8) is 0 Å². The van der Waals surface area contributed by atoms with Crippen LogP contribution in [0.1, 0.15) is 17.5 Å². The predicted molar refractivity (Wildman–Crippen MR) is 96.8 cm³/mol. The smallest absolute Gasteiger partial charge is 0.0426 e. The summed E-state index contributed by atoms with van der Waals surface area (Å²) in [6, 6.07) is 16.6. The Morgan fingerprint density at radius 3 is 2.32 bits per heavy atom. The molecule has 4 rings (SSSR count). The van der Waals surface area contributed by atoms with Crippen molar-refractivity contribution in [3.05, 3.63) is 75.8 Å². The third kappa shape index (κ3) is 2.33. The number of rotatable bonds is 1. The van der Waals surface area contributed by atoms with E-state index in [0.29, 0.717) is 10.0 Å². The standard InChI is InChI=1S/C20H14Cl2/c21-15-9-14(10-16(22)12-15)20-11-13-5-1-2-6-17(13)18-7-3-4-8-19(18)20/h1,3-5,7-12H,2,6H2. The van der Waals surface area contributed by atoms with E-state index >= 15 is 0 Å². The summed E-state index contributed by atoms with van der Waals surface area (Å²) in [5.74, 6) is 0. The molecule has 0 aliphatic heterocycles. The molecule has 1 aliphatic rings. The number of benzene rings is 3. The van der Waals surface area contributed by atoms with E-state index in [1.165, 1.54) is 27.5 Å². The molecule has 0 nitrogen and oxygen atoms in total. The monoisotopic (exact) mass is 324 g/mol. The van der Waals surface area contributed by atoms with Crippen molar-refractivity contribution in [3.8, 4) is 11.1 Å². The Balaban J connectivity index is 2.08. The first-order chi connectivity index (χ1) is 10.7. The topological polar surface area (TPSA) is 0 Å². The maximum absolute atomic E-state index is 6.20. The highest BCUT2D eigenvalue weighted by Gasteiger charge is 2.14. The van der Waals surface area contributed by atoms with Gasteiger partial charge in [0.25, 0.3) is 0 Å². The van der Waals surface area contributed by atoms with Gasteiger partial charge in [0.05, 0.1) is 0 Å². The number of aryl methyl sites for hydroxylation is 1. The summed E-state index contributed by atoms with van der Waals surface area (Å²) in [5.41, 5.74) is 4.99. The number of allylic oxidation sites excluding steroid dienone is 1. The highest BCUT2D eigenvalue weighted by molar-refractivity contribution is 6.35. The highest BCUT2D eigenvalue weighted by atomic mass is 35.5. The van der Waals surface area contributed by atoms with Gasteiger partial charge in [-0.05, 0) is 70.1 Å². The van der Waals surface area contributed by atoms with Crippen LogP contribution in [0, 0.1) is 0 Å². The lowest BCUT2D eigenvalue weighted by Crippen LogP contribution is -1.97. The molecule has 0 bridgehead atoms. The van der Waals surface area contributed by atoms with E-state index in [-0.39, 0.29) is 0 Å². The van der Waals surface area contributed by atoms with E-state index in [0.717, 1.165) is 18.4 Å². The lowest BCUT2D eigenvalue weighted by Gasteiger charge is -2.17. The molecule has 0 unspecified atom stereocenters. The summed E-state index contributed by atoms with van der Waals surface area (Å²) < 4.78 is 0. The van der Waals surface area contributed by atoms with Crippen LogP contribution in [0.5, 0.6) is 0 Å². The van der Waals surface area contributed by atoms with E-state index < -0.39 is 0 Å². The second-order valence-electron chi connectivity index (χ2n) is 5.64. The van der Waals surface area contributed by atoms with E-state index in [1.807, 2.05) is 12.1 Å². The summed E-state index contributed by atoms with van der Waals surface area (Å²) in [7, 11) is 0. The molecule has 22 heavy (non-hydrogen) atoms. The van der Waals surface area contributed by atoms with Gasteiger partial charge in [-0.25, -0.2) is 0 Å². The van der Waals surface area contributed by atoms with Crippen LogP contribution in [-0.4, -0.2) is 0 Å². The molecule has 0 heterocycles. The van der Waals surface area contributed by atoms with Crippen LogP contribution in [0.3, 0.4) is 0 Å². The van der Waals surface area contributed by atoms with Crippen LogP contribution >= 0.6 is 23.2 Å². The van der Waals surface area contributed by atoms with Crippen molar-refractivity contribution < 1.29 is 0 Å². The van der Waals surface area contributed by atoms with Crippen molar-refractivity contribution in [2.24, 2.45) is 0 Å². The predicted octanol–water partition coefficient (Wildman–Crippen LogP) is 6.77. The second kappa shape index (κ2) is 5.46. The Morgan fingerprint density at radius 1 is 0.818 bits per heavy atom. The van der Waals surface area contributed by atoms with Gasteiger partial charge in [0.1, 0.15) is 0 Å². The zero-order valence-corrected chi connectivity index (χ0v) is 13.5. The summed E-state index contributed by atoms with van der Waals surface area (Å²) in [4.78, 5) is 0. The van der Waals surface area contributed by atoms with Crippen molar-refractivity contribution in [1.29, 1.82) is 0 Å². The van der Waals surface area contributed by atoms with Gasteiger partial charge in [-0.3, -0.25) is 0 Å². The van der Waals surface area contributed by atoms with Crippen LogP contribution in [0.15, 0.2) is 54.6 Å². The molecule has 0 N–H and O–H groups in total. The van der Waals surface area contributed by atoms with Gasteiger partial charge in [-0.2, -0.15) is 0 Å². The first kappa shape index (κ1) is 13.9. The van der Waals surface area contributed by atoms with Gasteiger partial charge in [0.15, 0.2) is 0 Å². The lowest BCUT2D eigenvalue weighted by molar-refractivity contribution is 0.997. The number of fused-ring (bicyclic) bond motifs is 3. The average molecular weight is 325 g/mol. The summed E-state index contributed by atoms with van der Waals surface area (Å²) in [6.45, 7) is 0. The van der Waals surface area contributed by atoms with Crippen molar-refractivity contribution in [2.75, 3.05) is 0 Å². The van der Waals surface area contributed by atoms with E-state index in [9.17, 15) is 0 Å². The molecule has 0 saturated carbocycles. The molecule has 0 atom stereocenters. The largest absolute Gasteiger partial charge is 0.0843 e. The molecule has 3 aromatic rings. The fraction of sp³-hybridized carbons (Fsp3) is 0.100. The maximum atomic E-state index is 6.20. The molecule has 0 amide bonds. The molecule has 108 valence electrons. The Labute approximate surface area is 140 Å². The van der Waals surface area contributed by atoms with E-state index in [2.05, 4.69) is 42.5 Å². The van der Waals surface area contributed by atoms with Crippen LogP contribution in [0.2, 0.25) is 10.0 Å². The molecule has 3 aromatic carbocycles. The van der Waals surface area contributed by atoms with Crippen LogP contribution in [-0.2, 0) is 6.42 Å². The molecule has 0 radical (unpaired) electrons. The highest BCUT2D eigenvalue weighted by Crippen LogP contribution is 2.37. The zero-order chi connectivity index (χ0) is 15.1. The Morgan fingerprint density at radius 2 is 1.55 bits per heavy atom. The van der Waals surface area contributed by atoms with Crippen LogP contribution in [0.4, 0.5) is 0 Å². The third-order valence-corrected chi connectivity index (χ3v) is 4.66. The fourth-order valence-electron chi connectivity index (χ4n) is 3.27. The maximum Gasteiger partial charge on any atom is 0.0426 e. The van der Waals surface area contributed by atoms with Gasteiger partial charge < -0.3 is 0 Å².